The second-order valence-corrected chi connectivity index (χ2v) is 4.99. The van der Waals surface area contributed by atoms with E-state index in [1.165, 1.54) is 6.92 Å². The van der Waals surface area contributed by atoms with Crippen molar-refractivity contribution in [1.29, 1.82) is 0 Å². The smallest absolute Gasteiger partial charge is 0.163 e. The minimum absolute atomic E-state index is 0.0854. The summed E-state index contributed by atoms with van der Waals surface area (Å²) in [6.07, 6.45) is 3.38. The van der Waals surface area contributed by atoms with Gasteiger partial charge in [-0.05, 0) is 36.8 Å². The van der Waals surface area contributed by atoms with Crippen molar-refractivity contribution >= 4 is 27.4 Å². The Morgan fingerprint density at radius 3 is 2.68 bits per heavy atom. The lowest BCUT2D eigenvalue weighted by atomic mass is 10.1. The van der Waals surface area contributed by atoms with Crippen molar-refractivity contribution in [3.8, 4) is 5.75 Å². The van der Waals surface area contributed by atoms with Crippen molar-refractivity contribution in [1.82, 2.24) is 4.98 Å². The van der Waals surface area contributed by atoms with Gasteiger partial charge in [0.1, 0.15) is 6.61 Å². The number of nitrogen functional groups attached to an aromatic ring is 1. The van der Waals surface area contributed by atoms with Crippen LogP contribution in [-0.2, 0) is 6.61 Å². The molecule has 1 aromatic carbocycles. The fourth-order valence-electron chi connectivity index (χ4n) is 1.67. The molecule has 0 aliphatic rings. The number of pyridine rings is 1. The largest absolute Gasteiger partial charge is 0.486 e. The third kappa shape index (κ3) is 3.32. The van der Waals surface area contributed by atoms with Gasteiger partial charge in [0.05, 0.1) is 11.3 Å². The summed E-state index contributed by atoms with van der Waals surface area (Å²) < 4.78 is 6.43. The first-order valence-corrected chi connectivity index (χ1v) is 6.49. The third-order valence-electron chi connectivity index (χ3n) is 2.59. The zero-order chi connectivity index (χ0) is 13.8. The second kappa shape index (κ2) is 5.84. The highest BCUT2D eigenvalue weighted by Crippen LogP contribution is 2.31. The van der Waals surface area contributed by atoms with Gasteiger partial charge in [-0.3, -0.25) is 9.78 Å². The van der Waals surface area contributed by atoms with Crippen molar-refractivity contribution in [3.05, 3.63) is 52.3 Å². The van der Waals surface area contributed by atoms with Crippen LogP contribution in [0.25, 0.3) is 0 Å². The molecule has 19 heavy (non-hydrogen) atoms. The van der Waals surface area contributed by atoms with E-state index in [-0.39, 0.29) is 5.78 Å². The Labute approximate surface area is 119 Å². The Morgan fingerprint density at radius 1 is 1.37 bits per heavy atom. The first-order chi connectivity index (χ1) is 9.08. The molecule has 0 radical (unpaired) electrons. The van der Waals surface area contributed by atoms with Gasteiger partial charge in [-0.25, -0.2) is 0 Å². The maximum atomic E-state index is 11.6. The van der Waals surface area contributed by atoms with Gasteiger partial charge in [-0.2, -0.15) is 0 Å². The van der Waals surface area contributed by atoms with Crippen LogP contribution in [0.2, 0.25) is 0 Å². The highest BCUT2D eigenvalue weighted by molar-refractivity contribution is 9.10. The number of halogens is 1. The molecule has 2 rings (SSSR count). The van der Waals surface area contributed by atoms with E-state index >= 15 is 0 Å². The van der Waals surface area contributed by atoms with Crippen LogP contribution < -0.4 is 10.5 Å². The first kappa shape index (κ1) is 13.5. The number of ketones is 1. The van der Waals surface area contributed by atoms with E-state index in [9.17, 15) is 4.79 Å². The predicted octanol–water partition coefficient (Wildman–Crippen LogP) is 3.21. The number of aromatic nitrogens is 1. The summed E-state index contributed by atoms with van der Waals surface area (Å²) in [6.45, 7) is 1.83. The normalized spacial score (nSPS) is 10.2. The minimum atomic E-state index is -0.0854. The summed E-state index contributed by atoms with van der Waals surface area (Å²) in [6, 6.07) is 7.12. The van der Waals surface area contributed by atoms with Crippen molar-refractivity contribution in [2.24, 2.45) is 0 Å². The van der Waals surface area contributed by atoms with E-state index in [4.69, 9.17) is 10.5 Å². The number of hydrogen-bond acceptors (Lipinski definition) is 4. The van der Waals surface area contributed by atoms with Crippen LogP contribution in [0.5, 0.6) is 5.75 Å². The molecule has 0 saturated heterocycles. The number of carbonyl (C=O) groups excluding carboxylic acids is 1. The molecule has 0 aliphatic heterocycles. The molecule has 2 aromatic rings. The minimum Gasteiger partial charge on any atom is -0.486 e. The number of anilines is 1. The number of nitrogens with two attached hydrogens (primary N) is 1. The molecule has 0 spiro atoms. The Morgan fingerprint density at radius 2 is 2.05 bits per heavy atom. The molecule has 1 heterocycles. The fourth-order valence-corrected chi connectivity index (χ4v) is 2.15. The van der Waals surface area contributed by atoms with Crippen molar-refractivity contribution < 1.29 is 9.53 Å². The summed E-state index contributed by atoms with van der Waals surface area (Å²) in [7, 11) is 0. The van der Waals surface area contributed by atoms with Gasteiger partial charge in [0.2, 0.25) is 0 Å². The summed E-state index contributed by atoms with van der Waals surface area (Å²) in [4.78, 5) is 15.6. The van der Waals surface area contributed by atoms with Crippen molar-refractivity contribution in [2.45, 2.75) is 13.5 Å². The number of hydrogen-bond donors (Lipinski definition) is 1. The van der Waals surface area contributed by atoms with Gasteiger partial charge in [0.15, 0.2) is 11.5 Å². The average molecular weight is 321 g/mol. The summed E-state index contributed by atoms with van der Waals surface area (Å²) >= 11 is 3.32. The molecule has 0 atom stereocenters. The van der Waals surface area contributed by atoms with E-state index < -0.39 is 0 Å². The molecule has 1 aromatic heterocycles. The molecule has 98 valence electrons. The zero-order valence-electron chi connectivity index (χ0n) is 10.4. The summed E-state index contributed by atoms with van der Waals surface area (Å²) in [5, 5.41) is 0. The number of Topliss-reactive ketones (excluding diaryl/α,β-unsaturated/α-hetero) is 1. The first-order valence-electron chi connectivity index (χ1n) is 5.69. The molecule has 0 amide bonds. The predicted molar refractivity (Wildman–Crippen MR) is 77.1 cm³/mol. The van der Waals surface area contributed by atoms with Gasteiger partial charge in [-0.1, -0.05) is 15.9 Å². The van der Waals surface area contributed by atoms with E-state index in [1.807, 2.05) is 12.1 Å². The zero-order valence-corrected chi connectivity index (χ0v) is 12.0. The lowest BCUT2D eigenvalue weighted by molar-refractivity contribution is 0.101. The lowest BCUT2D eigenvalue weighted by Crippen LogP contribution is -2.05. The SMILES string of the molecule is CC(=O)c1cc(Br)cc(N)c1OCc1ccncc1. The molecule has 0 saturated carbocycles. The van der Waals surface area contributed by atoms with E-state index in [0.717, 1.165) is 10.0 Å². The number of benzene rings is 1. The molecule has 0 unspecified atom stereocenters. The van der Waals surface area contributed by atoms with E-state index in [1.54, 1.807) is 24.5 Å². The van der Waals surface area contributed by atoms with Crippen LogP contribution in [0.4, 0.5) is 5.69 Å². The Bertz CT molecular complexity index is 600. The maximum absolute atomic E-state index is 11.6. The summed E-state index contributed by atoms with van der Waals surface area (Å²) in [5.41, 5.74) is 7.78. The topological polar surface area (TPSA) is 65.2 Å². The molecule has 0 fully saturated rings. The van der Waals surface area contributed by atoms with E-state index in [0.29, 0.717) is 23.6 Å². The van der Waals surface area contributed by atoms with Gasteiger partial charge < -0.3 is 10.5 Å². The van der Waals surface area contributed by atoms with Crippen molar-refractivity contribution in [2.75, 3.05) is 5.73 Å². The van der Waals surface area contributed by atoms with Crippen LogP contribution in [0, 0.1) is 0 Å². The van der Waals surface area contributed by atoms with Crippen LogP contribution in [0.3, 0.4) is 0 Å². The number of nitrogens with zero attached hydrogens (tertiary/aromatic N) is 1. The number of rotatable bonds is 4. The van der Waals surface area contributed by atoms with Crippen molar-refractivity contribution in [3.63, 3.8) is 0 Å². The van der Waals surface area contributed by atoms with Crippen LogP contribution in [0.15, 0.2) is 41.1 Å². The van der Waals surface area contributed by atoms with Gasteiger partial charge in [0, 0.05) is 16.9 Å². The quantitative estimate of drug-likeness (QED) is 0.694. The number of ether oxygens (including phenoxy) is 1. The van der Waals surface area contributed by atoms with Crippen LogP contribution in [0.1, 0.15) is 22.8 Å². The Kier molecular flexibility index (Phi) is 4.16. The van der Waals surface area contributed by atoms with Gasteiger partial charge in [-0.15, -0.1) is 0 Å². The number of carbonyl (C=O) groups is 1. The van der Waals surface area contributed by atoms with Crippen LogP contribution in [-0.4, -0.2) is 10.8 Å². The Hall–Kier alpha value is -1.88. The molecule has 0 aliphatic carbocycles. The lowest BCUT2D eigenvalue weighted by Gasteiger charge is -2.13. The second-order valence-electron chi connectivity index (χ2n) is 4.07. The molecule has 5 heteroatoms. The maximum Gasteiger partial charge on any atom is 0.163 e. The monoisotopic (exact) mass is 320 g/mol. The molecule has 2 N–H and O–H groups in total. The van der Waals surface area contributed by atoms with Crippen LogP contribution >= 0.6 is 15.9 Å². The molecular weight excluding hydrogens is 308 g/mol. The fraction of sp³-hybridized carbons (Fsp3) is 0.143. The Balaban J connectivity index is 2.27. The summed E-state index contributed by atoms with van der Waals surface area (Å²) in [5.74, 6) is 0.338. The average Bonchev–Trinajstić information content (AvgIpc) is 2.38. The molecule has 0 bridgehead atoms. The van der Waals surface area contributed by atoms with Gasteiger partial charge in [0.25, 0.3) is 0 Å². The highest BCUT2D eigenvalue weighted by atomic mass is 79.9. The third-order valence-corrected chi connectivity index (χ3v) is 3.05. The standard InChI is InChI=1S/C14H13BrN2O2/c1-9(18)12-6-11(15)7-13(16)14(12)19-8-10-2-4-17-5-3-10/h2-7H,8,16H2,1H3. The van der Waals surface area contributed by atoms with Gasteiger partial charge >= 0.3 is 0 Å². The highest BCUT2D eigenvalue weighted by Gasteiger charge is 2.13. The van der Waals surface area contributed by atoms with E-state index in [2.05, 4.69) is 20.9 Å². The molecular formula is C14H13BrN2O2. The molecule has 4 nitrogen and oxygen atoms in total.